The van der Waals surface area contributed by atoms with Crippen LogP contribution in [0.1, 0.15) is 11.5 Å². The summed E-state index contributed by atoms with van der Waals surface area (Å²) in [6.07, 6.45) is -1.44. The number of amides is 1. The van der Waals surface area contributed by atoms with Crippen LogP contribution in [-0.4, -0.2) is 42.0 Å². The number of carbonyl (C=O) groups is 1. The van der Waals surface area contributed by atoms with E-state index in [9.17, 15) is 18.0 Å². The Hall–Kier alpha value is -3.29. The summed E-state index contributed by atoms with van der Waals surface area (Å²) in [5, 5.41) is 0. The molecule has 0 bridgehead atoms. The molecule has 2 heterocycles. The van der Waals surface area contributed by atoms with Gasteiger partial charge in [-0.2, -0.15) is 13.2 Å². The standard InChI is InChI=1S/C21H18F3N3O2/c22-21(23,24)15-4-3-5-16(14-15)26-10-12-27(13-11-26)20(28)9-8-19-25-17-6-1-2-7-18(17)29-19/h1-9,14H,10-13H2/b9-8+. The third-order valence-electron chi connectivity index (χ3n) is 4.81. The van der Waals surface area contributed by atoms with E-state index in [0.29, 0.717) is 48.9 Å². The van der Waals surface area contributed by atoms with Crippen LogP contribution in [-0.2, 0) is 11.0 Å². The van der Waals surface area contributed by atoms with Gasteiger partial charge in [-0.3, -0.25) is 4.79 Å². The molecule has 5 nitrogen and oxygen atoms in total. The molecule has 0 saturated carbocycles. The van der Waals surface area contributed by atoms with Gasteiger partial charge < -0.3 is 14.2 Å². The minimum Gasteiger partial charge on any atom is -0.437 e. The second kappa shape index (κ2) is 7.62. The lowest BCUT2D eigenvalue weighted by Crippen LogP contribution is -2.48. The first kappa shape index (κ1) is 19.0. The van der Waals surface area contributed by atoms with E-state index >= 15 is 0 Å². The molecule has 1 aliphatic rings. The molecule has 3 aromatic rings. The van der Waals surface area contributed by atoms with E-state index < -0.39 is 11.7 Å². The van der Waals surface area contributed by atoms with Gasteiger partial charge in [0.1, 0.15) is 5.52 Å². The van der Waals surface area contributed by atoms with Gasteiger partial charge in [0.25, 0.3) is 0 Å². The molecule has 29 heavy (non-hydrogen) atoms. The first-order valence-electron chi connectivity index (χ1n) is 9.15. The molecule has 1 aromatic heterocycles. The Morgan fingerprint density at radius 3 is 2.52 bits per heavy atom. The van der Waals surface area contributed by atoms with Crippen molar-refractivity contribution in [1.29, 1.82) is 0 Å². The molecule has 0 radical (unpaired) electrons. The predicted octanol–water partition coefficient (Wildman–Crippen LogP) is 4.21. The maximum absolute atomic E-state index is 12.9. The van der Waals surface area contributed by atoms with Gasteiger partial charge in [0.15, 0.2) is 5.58 Å². The monoisotopic (exact) mass is 401 g/mol. The summed E-state index contributed by atoms with van der Waals surface area (Å²) in [7, 11) is 0. The topological polar surface area (TPSA) is 49.6 Å². The maximum Gasteiger partial charge on any atom is 0.416 e. The fourth-order valence-corrected chi connectivity index (χ4v) is 3.27. The first-order valence-corrected chi connectivity index (χ1v) is 9.15. The van der Waals surface area contributed by atoms with E-state index in [2.05, 4.69) is 4.98 Å². The van der Waals surface area contributed by atoms with Crippen LogP contribution in [0, 0.1) is 0 Å². The molecule has 0 aliphatic carbocycles. The number of hydrogen-bond donors (Lipinski definition) is 0. The lowest BCUT2D eigenvalue weighted by Gasteiger charge is -2.35. The minimum absolute atomic E-state index is 0.184. The molecule has 1 aliphatic heterocycles. The number of hydrogen-bond acceptors (Lipinski definition) is 4. The van der Waals surface area contributed by atoms with Crippen LogP contribution in [0.5, 0.6) is 0 Å². The summed E-state index contributed by atoms with van der Waals surface area (Å²) < 4.78 is 44.3. The first-order chi connectivity index (χ1) is 13.9. The fourth-order valence-electron chi connectivity index (χ4n) is 3.27. The highest BCUT2D eigenvalue weighted by Crippen LogP contribution is 2.31. The second-order valence-electron chi connectivity index (χ2n) is 6.71. The van der Waals surface area contributed by atoms with Crippen molar-refractivity contribution in [2.24, 2.45) is 0 Å². The average molecular weight is 401 g/mol. The van der Waals surface area contributed by atoms with Crippen molar-refractivity contribution in [3.8, 4) is 0 Å². The molecule has 1 amide bonds. The summed E-state index contributed by atoms with van der Waals surface area (Å²) in [4.78, 5) is 20.2. The Bertz CT molecular complexity index is 1020. The molecular weight excluding hydrogens is 383 g/mol. The number of alkyl halides is 3. The second-order valence-corrected chi connectivity index (χ2v) is 6.71. The molecular formula is C21H18F3N3O2. The number of carbonyl (C=O) groups excluding carboxylic acids is 1. The van der Waals surface area contributed by atoms with Crippen LogP contribution in [0.2, 0.25) is 0 Å². The molecule has 0 atom stereocenters. The number of piperazine rings is 1. The van der Waals surface area contributed by atoms with E-state index in [1.807, 2.05) is 23.1 Å². The van der Waals surface area contributed by atoms with Crippen LogP contribution in [0.15, 0.2) is 59.0 Å². The summed E-state index contributed by atoms with van der Waals surface area (Å²) >= 11 is 0. The molecule has 150 valence electrons. The number of aromatic nitrogens is 1. The summed E-state index contributed by atoms with van der Waals surface area (Å²) in [6, 6.07) is 12.6. The van der Waals surface area contributed by atoms with Crippen LogP contribution in [0.3, 0.4) is 0 Å². The van der Waals surface area contributed by atoms with Crippen molar-refractivity contribution >= 4 is 28.8 Å². The molecule has 4 rings (SSSR count). The maximum atomic E-state index is 12.9. The van der Waals surface area contributed by atoms with Gasteiger partial charge in [-0.15, -0.1) is 0 Å². The summed E-state index contributed by atoms with van der Waals surface area (Å²) in [5.74, 6) is 0.165. The van der Waals surface area contributed by atoms with E-state index in [4.69, 9.17) is 4.42 Å². The molecule has 0 spiro atoms. The van der Waals surface area contributed by atoms with Crippen molar-refractivity contribution in [3.05, 3.63) is 66.1 Å². The van der Waals surface area contributed by atoms with Crippen LogP contribution < -0.4 is 4.90 Å². The Balaban J connectivity index is 1.37. The largest absolute Gasteiger partial charge is 0.437 e. The zero-order valence-electron chi connectivity index (χ0n) is 15.4. The minimum atomic E-state index is -4.37. The molecule has 8 heteroatoms. The summed E-state index contributed by atoms with van der Waals surface area (Å²) in [5.41, 5.74) is 1.20. The third kappa shape index (κ3) is 4.26. The van der Waals surface area contributed by atoms with Crippen molar-refractivity contribution in [1.82, 2.24) is 9.88 Å². The van der Waals surface area contributed by atoms with Crippen LogP contribution in [0.25, 0.3) is 17.2 Å². The number of nitrogens with zero attached hydrogens (tertiary/aromatic N) is 3. The van der Waals surface area contributed by atoms with E-state index in [1.165, 1.54) is 18.2 Å². The van der Waals surface area contributed by atoms with Gasteiger partial charge in [0, 0.05) is 44.0 Å². The zero-order valence-corrected chi connectivity index (χ0v) is 15.4. The molecule has 1 saturated heterocycles. The fraction of sp³-hybridized carbons (Fsp3) is 0.238. The SMILES string of the molecule is O=C(/C=C/c1nc2ccccc2o1)N1CCN(c2cccc(C(F)(F)F)c2)CC1. The van der Waals surface area contributed by atoms with Crippen molar-refractivity contribution < 1.29 is 22.4 Å². The van der Waals surface area contributed by atoms with Gasteiger partial charge in [-0.05, 0) is 30.3 Å². The number of anilines is 1. The van der Waals surface area contributed by atoms with Gasteiger partial charge in [0.05, 0.1) is 5.56 Å². The van der Waals surface area contributed by atoms with Gasteiger partial charge in [-0.1, -0.05) is 18.2 Å². The van der Waals surface area contributed by atoms with Crippen LogP contribution >= 0.6 is 0 Å². The number of rotatable bonds is 3. The van der Waals surface area contributed by atoms with Gasteiger partial charge in [-0.25, -0.2) is 4.98 Å². The smallest absolute Gasteiger partial charge is 0.416 e. The molecule has 1 fully saturated rings. The van der Waals surface area contributed by atoms with Crippen molar-refractivity contribution in [2.45, 2.75) is 6.18 Å². The molecule has 0 unspecified atom stereocenters. The highest BCUT2D eigenvalue weighted by molar-refractivity contribution is 5.91. The Kier molecular flexibility index (Phi) is 5.00. The lowest BCUT2D eigenvalue weighted by molar-refractivity contribution is -0.137. The van der Waals surface area contributed by atoms with E-state index in [-0.39, 0.29) is 5.91 Å². The highest BCUT2D eigenvalue weighted by atomic mass is 19.4. The summed E-state index contributed by atoms with van der Waals surface area (Å²) in [6.45, 7) is 1.77. The quantitative estimate of drug-likeness (QED) is 0.617. The van der Waals surface area contributed by atoms with E-state index in [0.717, 1.165) is 12.1 Å². The highest BCUT2D eigenvalue weighted by Gasteiger charge is 2.31. The number of oxazole rings is 1. The average Bonchev–Trinajstić information content (AvgIpc) is 3.15. The molecule has 2 aromatic carbocycles. The number of fused-ring (bicyclic) bond motifs is 1. The Morgan fingerprint density at radius 1 is 1.03 bits per heavy atom. The lowest BCUT2D eigenvalue weighted by atomic mass is 10.1. The zero-order chi connectivity index (χ0) is 20.4. The molecule has 0 N–H and O–H groups in total. The number of para-hydroxylation sites is 2. The number of benzene rings is 2. The van der Waals surface area contributed by atoms with Crippen molar-refractivity contribution in [2.75, 3.05) is 31.1 Å². The normalized spacial score (nSPS) is 15.4. The third-order valence-corrected chi connectivity index (χ3v) is 4.81. The Labute approximate surface area is 165 Å². The number of halogens is 3. The predicted molar refractivity (Wildman–Crippen MR) is 103 cm³/mol. The Morgan fingerprint density at radius 2 is 1.79 bits per heavy atom. The van der Waals surface area contributed by atoms with Gasteiger partial charge in [0.2, 0.25) is 11.8 Å². The van der Waals surface area contributed by atoms with Crippen molar-refractivity contribution in [3.63, 3.8) is 0 Å². The van der Waals surface area contributed by atoms with Gasteiger partial charge >= 0.3 is 6.18 Å². The van der Waals surface area contributed by atoms with Crippen LogP contribution in [0.4, 0.5) is 18.9 Å². The van der Waals surface area contributed by atoms with E-state index in [1.54, 1.807) is 17.0 Å².